The smallest absolute Gasteiger partial charge is 0.409 e. The van der Waals surface area contributed by atoms with Gasteiger partial charge < -0.3 is 14.4 Å². The summed E-state index contributed by atoms with van der Waals surface area (Å²) in [5.41, 5.74) is 0.343. The van der Waals surface area contributed by atoms with E-state index in [4.69, 9.17) is 9.47 Å². The van der Waals surface area contributed by atoms with Crippen LogP contribution in [-0.4, -0.2) is 66.3 Å². The molecule has 1 aliphatic heterocycles. The van der Waals surface area contributed by atoms with E-state index in [1.165, 1.54) is 0 Å². The van der Waals surface area contributed by atoms with Crippen LogP contribution < -0.4 is 4.74 Å². The first kappa shape index (κ1) is 21.4. The second-order valence-corrected chi connectivity index (χ2v) is 7.81. The molecule has 2 fully saturated rings. The largest absolute Gasteiger partial charge is 0.492 e. The normalized spacial score (nSPS) is 25.7. The van der Waals surface area contributed by atoms with E-state index in [0.717, 1.165) is 63.2 Å². The zero-order valence-electron chi connectivity index (χ0n) is 17.6. The van der Waals surface area contributed by atoms with Gasteiger partial charge in [-0.25, -0.2) is 4.79 Å². The molecule has 1 saturated heterocycles. The van der Waals surface area contributed by atoms with Crippen molar-refractivity contribution in [2.24, 2.45) is 0 Å². The van der Waals surface area contributed by atoms with Gasteiger partial charge in [0.15, 0.2) is 0 Å². The standard InChI is InChI=1S/C22H32N4O3/c1-3-28-19-6-7-20(24-16-19)22(17-23)10-8-18(9-11-22)25-12-5-13-26(15-14-25)21(27)29-4-2/h6-7,16,18H,3-5,8-15H2,1-2H3. The minimum Gasteiger partial charge on any atom is -0.492 e. The van der Waals surface area contributed by atoms with Crippen LogP contribution in [0.3, 0.4) is 0 Å². The summed E-state index contributed by atoms with van der Waals surface area (Å²) in [5.74, 6) is 0.744. The number of ether oxygens (including phenoxy) is 2. The van der Waals surface area contributed by atoms with Crippen molar-refractivity contribution in [1.82, 2.24) is 14.8 Å². The molecule has 1 aromatic heterocycles. The molecule has 0 N–H and O–H groups in total. The molecule has 29 heavy (non-hydrogen) atoms. The van der Waals surface area contributed by atoms with Gasteiger partial charge in [-0.3, -0.25) is 9.88 Å². The van der Waals surface area contributed by atoms with E-state index < -0.39 is 5.41 Å². The number of nitriles is 1. The van der Waals surface area contributed by atoms with Crippen molar-refractivity contribution in [3.8, 4) is 11.8 Å². The number of nitrogens with zero attached hydrogens (tertiary/aromatic N) is 4. The Morgan fingerprint density at radius 2 is 2.00 bits per heavy atom. The molecule has 0 radical (unpaired) electrons. The lowest BCUT2D eigenvalue weighted by atomic mass is 9.71. The van der Waals surface area contributed by atoms with Crippen molar-refractivity contribution in [3.63, 3.8) is 0 Å². The number of carbonyl (C=O) groups excluding carboxylic acids is 1. The Bertz CT molecular complexity index is 708. The van der Waals surface area contributed by atoms with Crippen molar-refractivity contribution >= 4 is 6.09 Å². The first-order valence-corrected chi connectivity index (χ1v) is 10.8. The molecular weight excluding hydrogens is 368 g/mol. The lowest BCUT2D eigenvalue weighted by Gasteiger charge is -2.39. The molecular formula is C22H32N4O3. The van der Waals surface area contributed by atoms with Crippen LogP contribution in [0.2, 0.25) is 0 Å². The van der Waals surface area contributed by atoms with Crippen LogP contribution in [0, 0.1) is 11.3 Å². The van der Waals surface area contributed by atoms with E-state index in [1.807, 2.05) is 30.9 Å². The minimum absolute atomic E-state index is 0.205. The summed E-state index contributed by atoms with van der Waals surface area (Å²) in [6.45, 7) is 8.11. The summed E-state index contributed by atoms with van der Waals surface area (Å²) in [5, 5.41) is 9.96. The van der Waals surface area contributed by atoms with E-state index in [-0.39, 0.29) is 6.09 Å². The Kier molecular flexibility index (Phi) is 7.32. The molecule has 1 amide bonds. The molecule has 0 atom stereocenters. The van der Waals surface area contributed by atoms with Crippen LogP contribution in [0.1, 0.15) is 51.6 Å². The van der Waals surface area contributed by atoms with E-state index >= 15 is 0 Å². The topological polar surface area (TPSA) is 78.7 Å². The van der Waals surface area contributed by atoms with Crippen LogP contribution in [0.25, 0.3) is 0 Å². The van der Waals surface area contributed by atoms with Gasteiger partial charge in [-0.1, -0.05) is 0 Å². The van der Waals surface area contributed by atoms with Gasteiger partial charge in [-0.15, -0.1) is 0 Å². The van der Waals surface area contributed by atoms with Crippen molar-refractivity contribution in [1.29, 1.82) is 5.26 Å². The van der Waals surface area contributed by atoms with Crippen molar-refractivity contribution in [2.75, 3.05) is 39.4 Å². The second kappa shape index (κ2) is 9.93. The van der Waals surface area contributed by atoms with Crippen LogP contribution in [0.5, 0.6) is 5.75 Å². The van der Waals surface area contributed by atoms with E-state index in [2.05, 4.69) is 16.0 Å². The summed E-state index contributed by atoms with van der Waals surface area (Å²) in [6, 6.07) is 6.88. The SMILES string of the molecule is CCOC(=O)N1CCCN(C2CCC(C#N)(c3ccc(OCC)cn3)CC2)CC1. The van der Waals surface area contributed by atoms with E-state index in [0.29, 0.717) is 25.8 Å². The highest BCUT2D eigenvalue weighted by molar-refractivity contribution is 5.67. The Morgan fingerprint density at radius 1 is 1.21 bits per heavy atom. The summed E-state index contributed by atoms with van der Waals surface area (Å²) in [4.78, 5) is 20.9. The lowest BCUT2D eigenvalue weighted by Crippen LogP contribution is -2.44. The minimum atomic E-state index is -0.510. The Morgan fingerprint density at radius 3 is 2.62 bits per heavy atom. The van der Waals surface area contributed by atoms with Crippen LogP contribution in [-0.2, 0) is 10.2 Å². The van der Waals surface area contributed by atoms with Crippen molar-refractivity contribution in [2.45, 2.75) is 57.4 Å². The number of aromatic nitrogens is 1. The Hall–Kier alpha value is -2.33. The second-order valence-electron chi connectivity index (χ2n) is 7.81. The van der Waals surface area contributed by atoms with Gasteiger partial charge in [-0.2, -0.15) is 5.26 Å². The van der Waals surface area contributed by atoms with Gasteiger partial charge in [0.2, 0.25) is 0 Å². The average molecular weight is 401 g/mol. The number of carbonyl (C=O) groups is 1. The number of hydrogen-bond acceptors (Lipinski definition) is 6. The third-order valence-electron chi connectivity index (χ3n) is 6.13. The molecule has 0 unspecified atom stereocenters. The average Bonchev–Trinajstić information content (AvgIpc) is 3.01. The monoisotopic (exact) mass is 400 g/mol. The fourth-order valence-electron chi connectivity index (χ4n) is 4.50. The molecule has 0 spiro atoms. The molecule has 1 aromatic rings. The molecule has 0 aromatic carbocycles. The molecule has 1 aliphatic carbocycles. The Balaban J connectivity index is 1.58. The van der Waals surface area contributed by atoms with Gasteiger partial charge in [-0.05, 0) is 58.1 Å². The lowest BCUT2D eigenvalue weighted by molar-refractivity contribution is 0.104. The molecule has 7 nitrogen and oxygen atoms in total. The first-order valence-electron chi connectivity index (χ1n) is 10.8. The van der Waals surface area contributed by atoms with Crippen molar-refractivity contribution < 1.29 is 14.3 Å². The van der Waals surface area contributed by atoms with Gasteiger partial charge >= 0.3 is 6.09 Å². The third-order valence-corrected chi connectivity index (χ3v) is 6.13. The van der Waals surface area contributed by atoms with E-state index in [1.54, 1.807) is 6.20 Å². The Labute approximate surface area is 173 Å². The molecule has 158 valence electrons. The highest BCUT2D eigenvalue weighted by Crippen LogP contribution is 2.40. The fraction of sp³-hybridized carbons (Fsp3) is 0.682. The van der Waals surface area contributed by atoms with Gasteiger partial charge in [0, 0.05) is 32.2 Å². The van der Waals surface area contributed by atoms with E-state index in [9.17, 15) is 10.1 Å². The quantitative estimate of drug-likeness (QED) is 0.754. The maximum Gasteiger partial charge on any atom is 0.409 e. The maximum atomic E-state index is 12.0. The highest BCUT2D eigenvalue weighted by atomic mass is 16.6. The molecule has 0 bridgehead atoms. The van der Waals surface area contributed by atoms with Gasteiger partial charge in [0.1, 0.15) is 5.75 Å². The molecule has 2 heterocycles. The molecule has 7 heteroatoms. The third kappa shape index (κ3) is 4.99. The van der Waals surface area contributed by atoms with Crippen LogP contribution >= 0.6 is 0 Å². The van der Waals surface area contributed by atoms with Gasteiger partial charge in [0.05, 0.1) is 36.6 Å². The van der Waals surface area contributed by atoms with Crippen molar-refractivity contribution in [3.05, 3.63) is 24.0 Å². The highest BCUT2D eigenvalue weighted by Gasteiger charge is 2.40. The number of amides is 1. The molecule has 2 aliphatic rings. The van der Waals surface area contributed by atoms with Crippen LogP contribution in [0.4, 0.5) is 4.79 Å². The number of rotatable bonds is 5. The number of pyridine rings is 1. The summed E-state index contributed by atoms with van der Waals surface area (Å²) in [6.07, 6.45) is 6.05. The maximum absolute atomic E-state index is 12.0. The first-order chi connectivity index (χ1) is 14.1. The summed E-state index contributed by atoms with van der Waals surface area (Å²) in [7, 11) is 0. The molecule has 3 rings (SSSR count). The van der Waals surface area contributed by atoms with Crippen LogP contribution in [0.15, 0.2) is 18.3 Å². The zero-order valence-corrected chi connectivity index (χ0v) is 17.6. The zero-order chi connectivity index (χ0) is 20.7. The molecule has 1 saturated carbocycles. The predicted octanol–water partition coefficient (Wildman–Crippen LogP) is 3.35. The summed E-state index contributed by atoms with van der Waals surface area (Å²) >= 11 is 0. The summed E-state index contributed by atoms with van der Waals surface area (Å²) < 4.78 is 10.6. The predicted molar refractivity (Wildman–Crippen MR) is 110 cm³/mol. The number of hydrogen-bond donors (Lipinski definition) is 0. The van der Waals surface area contributed by atoms with Gasteiger partial charge in [0.25, 0.3) is 0 Å². The fourth-order valence-corrected chi connectivity index (χ4v) is 4.50.